The first-order valence-electron chi connectivity index (χ1n) is 2.64. The molecule has 0 bridgehead atoms. The second kappa shape index (κ2) is 2.90. The van der Waals surface area contributed by atoms with Gasteiger partial charge < -0.3 is 4.42 Å². The van der Waals surface area contributed by atoms with Gasteiger partial charge in [0.15, 0.2) is 0 Å². The molecule has 9 heavy (non-hydrogen) atoms. The Bertz CT molecular complexity index is 207. The zero-order valence-electron chi connectivity index (χ0n) is 5.00. The lowest BCUT2D eigenvalue weighted by Gasteiger charge is -1.81. The fourth-order valence-electron chi connectivity index (χ4n) is 0.536. The van der Waals surface area contributed by atoms with E-state index in [9.17, 15) is 0 Å². The third-order valence-corrected chi connectivity index (χ3v) is 0.927. The van der Waals surface area contributed by atoms with E-state index in [4.69, 9.17) is 4.42 Å². The highest BCUT2D eigenvalue weighted by molar-refractivity contribution is 5.46. The molecule has 0 aliphatic rings. The van der Waals surface area contributed by atoms with Crippen LogP contribution in [0.1, 0.15) is 5.76 Å². The molecule has 0 atom stereocenters. The number of aliphatic imine (C=N–C) groups is 1. The molecule has 1 aromatic heterocycles. The molecule has 1 aromatic rings. The molecule has 0 aliphatic carbocycles. The predicted octanol–water partition coefficient (Wildman–Crippen LogP) is 1.64. The second-order valence-corrected chi connectivity index (χ2v) is 1.55. The maximum atomic E-state index is 4.97. The van der Waals surface area contributed by atoms with Crippen LogP contribution in [-0.4, -0.2) is 5.87 Å². The van der Waals surface area contributed by atoms with Gasteiger partial charge >= 0.3 is 0 Å². The Morgan fingerprint density at radius 3 is 3.22 bits per heavy atom. The molecule has 1 rings (SSSR count). The second-order valence-electron chi connectivity index (χ2n) is 1.55. The number of hydrogen-bond donors (Lipinski definition) is 0. The van der Waals surface area contributed by atoms with Gasteiger partial charge in [-0.05, 0) is 24.6 Å². The molecular formula is C7H7NO. The zero-order chi connectivity index (χ0) is 6.53. The summed E-state index contributed by atoms with van der Waals surface area (Å²) in [4.78, 5) is 3.76. The monoisotopic (exact) mass is 121 g/mol. The maximum absolute atomic E-state index is 4.97. The molecule has 2 heteroatoms. The fraction of sp³-hybridized carbons (Fsp3) is 0.143. The van der Waals surface area contributed by atoms with Gasteiger partial charge in [-0.15, -0.1) is 0 Å². The molecule has 2 nitrogen and oxygen atoms in total. The minimum Gasteiger partial charge on any atom is -0.467 e. The van der Waals surface area contributed by atoms with Crippen molar-refractivity contribution in [2.24, 2.45) is 4.99 Å². The minimum atomic E-state index is 0.538. The van der Waals surface area contributed by atoms with E-state index in [1.54, 1.807) is 6.26 Å². The van der Waals surface area contributed by atoms with Crippen LogP contribution in [0.4, 0.5) is 0 Å². The third-order valence-electron chi connectivity index (χ3n) is 0.927. The average molecular weight is 121 g/mol. The van der Waals surface area contributed by atoms with Gasteiger partial charge in [-0.1, -0.05) is 0 Å². The lowest BCUT2D eigenvalue weighted by atomic mass is 10.5. The molecule has 0 unspecified atom stereocenters. The van der Waals surface area contributed by atoms with E-state index in [-0.39, 0.29) is 0 Å². The van der Waals surface area contributed by atoms with E-state index < -0.39 is 0 Å². The lowest BCUT2D eigenvalue weighted by molar-refractivity contribution is 0.513. The van der Waals surface area contributed by atoms with Crippen LogP contribution in [0.25, 0.3) is 0 Å². The topological polar surface area (TPSA) is 25.5 Å². The van der Waals surface area contributed by atoms with Crippen molar-refractivity contribution in [3.63, 3.8) is 0 Å². The van der Waals surface area contributed by atoms with Crippen LogP contribution in [0.15, 0.2) is 34.4 Å². The molecule has 0 N–H and O–H groups in total. The Balaban J connectivity index is 2.57. The van der Waals surface area contributed by atoms with Gasteiger partial charge in [0.25, 0.3) is 0 Å². The first kappa shape index (κ1) is 5.86. The number of hydrogen-bond acceptors (Lipinski definition) is 2. The van der Waals surface area contributed by atoms with E-state index in [2.05, 4.69) is 17.4 Å². The quantitative estimate of drug-likeness (QED) is 0.546. The Kier molecular flexibility index (Phi) is 1.89. The number of furan rings is 1. The Morgan fingerprint density at radius 2 is 2.67 bits per heavy atom. The highest BCUT2D eigenvalue weighted by atomic mass is 16.3. The normalized spacial score (nSPS) is 8.44. The van der Waals surface area contributed by atoms with Crippen molar-refractivity contribution < 1.29 is 4.42 Å². The Hall–Kier alpha value is -1.27. The lowest BCUT2D eigenvalue weighted by Crippen LogP contribution is -1.71. The van der Waals surface area contributed by atoms with Gasteiger partial charge in [0.05, 0.1) is 6.26 Å². The predicted molar refractivity (Wildman–Crippen MR) is 35.5 cm³/mol. The standard InChI is InChI=1S/C7H7NO/c1-2-8-6-7-4-3-5-9-7/h3-5H,1,6H2. The van der Waals surface area contributed by atoms with Gasteiger partial charge in [-0.3, -0.25) is 0 Å². The van der Waals surface area contributed by atoms with Crippen LogP contribution < -0.4 is 0 Å². The first-order chi connectivity index (χ1) is 4.43. The molecule has 0 radical (unpaired) electrons. The van der Waals surface area contributed by atoms with Crippen molar-refractivity contribution in [3.8, 4) is 0 Å². The summed E-state index contributed by atoms with van der Waals surface area (Å²) in [6.07, 6.45) is 1.62. The zero-order valence-corrected chi connectivity index (χ0v) is 5.00. The van der Waals surface area contributed by atoms with Gasteiger partial charge in [-0.2, -0.15) is 0 Å². The summed E-state index contributed by atoms with van der Waals surface area (Å²) in [5.41, 5.74) is 0. The van der Waals surface area contributed by atoms with Crippen LogP contribution in [0.5, 0.6) is 0 Å². The average Bonchev–Trinajstić information content (AvgIpc) is 2.34. The Morgan fingerprint density at radius 1 is 1.78 bits per heavy atom. The molecule has 0 aromatic carbocycles. The molecule has 0 amide bonds. The van der Waals surface area contributed by atoms with Crippen molar-refractivity contribution in [1.82, 2.24) is 0 Å². The van der Waals surface area contributed by atoms with E-state index in [0.29, 0.717) is 6.54 Å². The molecule has 1 heterocycles. The highest BCUT2D eigenvalue weighted by Gasteiger charge is 1.88. The minimum absolute atomic E-state index is 0.538. The molecule has 0 spiro atoms. The van der Waals surface area contributed by atoms with Gasteiger partial charge in [0.2, 0.25) is 0 Å². The molecule has 0 saturated heterocycles. The largest absolute Gasteiger partial charge is 0.467 e. The van der Waals surface area contributed by atoms with E-state index in [1.165, 1.54) is 0 Å². The van der Waals surface area contributed by atoms with E-state index >= 15 is 0 Å². The van der Waals surface area contributed by atoms with Crippen LogP contribution in [-0.2, 0) is 6.54 Å². The fourth-order valence-corrected chi connectivity index (χ4v) is 0.536. The molecule has 0 saturated carbocycles. The van der Waals surface area contributed by atoms with Crippen LogP contribution in [0.3, 0.4) is 0 Å². The number of rotatable bonds is 2. The van der Waals surface area contributed by atoms with Gasteiger partial charge in [0.1, 0.15) is 12.3 Å². The summed E-state index contributed by atoms with van der Waals surface area (Å²) in [5.74, 6) is 3.26. The summed E-state index contributed by atoms with van der Waals surface area (Å²) >= 11 is 0. The van der Waals surface area contributed by atoms with E-state index in [1.807, 2.05) is 12.1 Å². The molecule has 46 valence electrons. The highest BCUT2D eigenvalue weighted by Crippen LogP contribution is 1.99. The SMILES string of the molecule is C=C=NCc1ccco1. The van der Waals surface area contributed by atoms with Gasteiger partial charge in [0, 0.05) is 0 Å². The third kappa shape index (κ3) is 1.59. The van der Waals surface area contributed by atoms with Crippen LogP contribution >= 0.6 is 0 Å². The first-order valence-corrected chi connectivity index (χ1v) is 2.64. The van der Waals surface area contributed by atoms with E-state index in [0.717, 1.165) is 5.76 Å². The van der Waals surface area contributed by atoms with Crippen molar-refractivity contribution in [2.75, 3.05) is 0 Å². The van der Waals surface area contributed by atoms with Gasteiger partial charge in [-0.25, -0.2) is 4.99 Å². The summed E-state index contributed by atoms with van der Waals surface area (Å²) in [6.45, 7) is 3.86. The molecule has 0 aliphatic heterocycles. The summed E-state index contributed by atoms with van der Waals surface area (Å²) < 4.78 is 4.97. The van der Waals surface area contributed by atoms with Crippen molar-refractivity contribution in [3.05, 3.63) is 30.7 Å². The van der Waals surface area contributed by atoms with Crippen molar-refractivity contribution >= 4 is 5.87 Å². The summed E-state index contributed by atoms with van der Waals surface area (Å²) in [7, 11) is 0. The summed E-state index contributed by atoms with van der Waals surface area (Å²) in [5, 5.41) is 0. The molecule has 0 fully saturated rings. The van der Waals surface area contributed by atoms with Crippen molar-refractivity contribution in [2.45, 2.75) is 6.54 Å². The maximum Gasteiger partial charge on any atom is 0.125 e. The van der Waals surface area contributed by atoms with Crippen molar-refractivity contribution in [1.29, 1.82) is 0 Å². The molecular weight excluding hydrogens is 114 g/mol. The van der Waals surface area contributed by atoms with Crippen LogP contribution in [0, 0.1) is 0 Å². The van der Waals surface area contributed by atoms with Crippen LogP contribution in [0.2, 0.25) is 0 Å². The Labute approximate surface area is 53.5 Å². The summed E-state index contributed by atoms with van der Waals surface area (Å²) in [6, 6.07) is 3.69. The smallest absolute Gasteiger partial charge is 0.125 e. The number of nitrogens with zero attached hydrogens (tertiary/aromatic N) is 1.